The molecule has 2 aromatic carbocycles. The van der Waals surface area contributed by atoms with Gasteiger partial charge in [-0.1, -0.05) is 24.3 Å². The van der Waals surface area contributed by atoms with Crippen molar-refractivity contribution < 1.29 is 14.6 Å². The molecule has 0 aromatic heterocycles. The second-order valence-electron chi connectivity index (χ2n) is 4.97. The summed E-state index contributed by atoms with van der Waals surface area (Å²) in [5.74, 6) is 1.66. The molecule has 0 atom stereocenters. The molecule has 1 aliphatic heterocycles. The summed E-state index contributed by atoms with van der Waals surface area (Å²) in [6.45, 7) is 2.07. The van der Waals surface area contributed by atoms with Crippen LogP contribution in [0.4, 0.5) is 5.69 Å². The molecule has 3 rings (SSSR count). The minimum atomic E-state index is 0.181. The minimum absolute atomic E-state index is 0.181. The molecular weight excluding hydrogens is 266 g/mol. The van der Waals surface area contributed by atoms with Gasteiger partial charge in [-0.2, -0.15) is 0 Å². The van der Waals surface area contributed by atoms with E-state index in [-0.39, 0.29) is 6.61 Å². The lowest BCUT2D eigenvalue weighted by Crippen LogP contribution is -2.17. The Kier molecular flexibility index (Phi) is 4.26. The van der Waals surface area contributed by atoms with E-state index in [0.29, 0.717) is 26.2 Å². The van der Waals surface area contributed by atoms with Crippen molar-refractivity contribution in [3.05, 3.63) is 53.6 Å². The van der Waals surface area contributed by atoms with Gasteiger partial charge >= 0.3 is 0 Å². The second-order valence-corrected chi connectivity index (χ2v) is 4.97. The van der Waals surface area contributed by atoms with Gasteiger partial charge in [0.25, 0.3) is 0 Å². The summed E-state index contributed by atoms with van der Waals surface area (Å²) in [4.78, 5) is 0. The molecule has 2 N–H and O–H groups in total. The Morgan fingerprint density at radius 3 is 2.62 bits per heavy atom. The molecule has 1 heterocycles. The van der Waals surface area contributed by atoms with Gasteiger partial charge in [-0.15, -0.1) is 0 Å². The van der Waals surface area contributed by atoms with Crippen molar-refractivity contribution in [3.63, 3.8) is 0 Å². The molecule has 1 aliphatic rings. The fraction of sp³-hybridized carbons (Fsp3) is 0.294. The third-order valence-corrected chi connectivity index (χ3v) is 3.49. The first-order chi connectivity index (χ1) is 10.4. The van der Waals surface area contributed by atoms with E-state index in [1.54, 1.807) is 0 Å². The van der Waals surface area contributed by atoms with Gasteiger partial charge in [0.1, 0.15) is 13.2 Å². The van der Waals surface area contributed by atoms with Gasteiger partial charge in [0.05, 0.1) is 0 Å². The molecule has 21 heavy (non-hydrogen) atoms. The van der Waals surface area contributed by atoms with Crippen LogP contribution in [-0.4, -0.2) is 24.9 Å². The van der Waals surface area contributed by atoms with E-state index in [2.05, 4.69) is 5.32 Å². The SMILES string of the molecule is OCCc1ccc(NCc2cccc3c2OCCO3)cc1. The lowest BCUT2D eigenvalue weighted by Gasteiger charge is -2.21. The highest BCUT2D eigenvalue weighted by molar-refractivity contribution is 5.51. The van der Waals surface area contributed by atoms with Gasteiger partial charge in [0.15, 0.2) is 11.5 Å². The molecule has 0 amide bonds. The van der Waals surface area contributed by atoms with Crippen LogP contribution in [0.1, 0.15) is 11.1 Å². The van der Waals surface area contributed by atoms with Crippen LogP contribution in [-0.2, 0) is 13.0 Å². The maximum atomic E-state index is 8.91. The van der Waals surface area contributed by atoms with Crippen molar-refractivity contribution in [1.29, 1.82) is 0 Å². The average Bonchev–Trinajstić information content (AvgIpc) is 2.54. The first kappa shape index (κ1) is 13.8. The van der Waals surface area contributed by atoms with Crippen molar-refractivity contribution in [2.24, 2.45) is 0 Å². The van der Waals surface area contributed by atoms with Crippen LogP contribution in [0.15, 0.2) is 42.5 Å². The van der Waals surface area contributed by atoms with Gasteiger partial charge in [-0.05, 0) is 30.2 Å². The smallest absolute Gasteiger partial charge is 0.166 e. The molecule has 0 fully saturated rings. The highest BCUT2D eigenvalue weighted by Crippen LogP contribution is 2.33. The molecule has 4 heteroatoms. The van der Waals surface area contributed by atoms with Crippen LogP contribution in [0.25, 0.3) is 0 Å². The number of ether oxygens (including phenoxy) is 2. The molecule has 0 saturated carbocycles. The van der Waals surface area contributed by atoms with Crippen molar-refractivity contribution >= 4 is 5.69 Å². The molecule has 0 aliphatic carbocycles. The fourth-order valence-corrected chi connectivity index (χ4v) is 2.39. The van der Waals surface area contributed by atoms with E-state index < -0.39 is 0 Å². The molecule has 0 spiro atoms. The van der Waals surface area contributed by atoms with Crippen molar-refractivity contribution in [3.8, 4) is 11.5 Å². The Labute approximate surface area is 124 Å². The standard InChI is InChI=1S/C17H19NO3/c19-9-8-13-4-6-15(7-5-13)18-12-14-2-1-3-16-17(14)21-11-10-20-16/h1-7,18-19H,8-12H2. The van der Waals surface area contributed by atoms with Crippen LogP contribution in [0.3, 0.4) is 0 Å². The van der Waals surface area contributed by atoms with E-state index in [1.807, 2.05) is 42.5 Å². The first-order valence-electron chi connectivity index (χ1n) is 7.18. The van der Waals surface area contributed by atoms with Crippen molar-refractivity contribution in [1.82, 2.24) is 0 Å². The highest BCUT2D eigenvalue weighted by Gasteiger charge is 2.14. The molecule has 0 radical (unpaired) electrons. The summed E-state index contributed by atoms with van der Waals surface area (Å²) < 4.78 is 11.3. The van der Waals surface area contributed by atoms with Crippen LogP contribution < -0.4 is 14.8 Å². The van der Waals surface area contributed by atoms with Gasteiger partial charge in [-0.25, -0.2) is 0 Å². The number of para-hydroxylation sites is 1. The van der Waals surface area contributed by atoms with E-state index >= 15 is 0 Å². The quantitative estimate of drug-likeness (QED) is 0.886. The highest BCUT2D eigenvalue weighted by atomic mass is 16.6. The zero-order valence-electron chi connectivity index (χ0n) is 11.8. The minimum Gasteiger partial charge on any atom is -0.486 e. The maximum absolute atomic E-state index is 8.91. The van der Waals surface area contributed by atoms with Gasteiger partial charge < -0.3 is 19.9 Å². The predicted octanol–water partition coefficient (Wildman–Crippen LogP) is 2.60. The van der Waals surface area contributed by atoms with E-state index in [4.69, 9.17) is 14.6 Å². The Morgan fingerprint density at radius 2 is 1.81 bits per heavy atom. The van der Waals surface area contributed by atoms with E-state index in [1.165, 1.54) is 0 Å². The third-order valence-electron chi connectivity index (χ3n) is 3.49. The fourth-order valence-electron chi connectivity index (χ4n) is 2.39. The molecule has 0 unspecified atom stereocenters. The van der Waals surface area contributed by atoms with Crippen LogP contribution in [0, 0.1) is 0 Å². The number of anilines is 1. The summed E-state index contributed by atoms with van der Waals surface area (Å²) in [5.41, 5.74) is 3.27. The molecular formula is C17H19NO3. The number of hydrogen-bond donors (Lipinski definition) is 2. The van der Waals surface area contributed by atoms with E-state index in [9.17, 15) is 0 Å². The maximum Gasteiger partial charge on any atom is 0.166 e. The number of aliphatic hydroxyl groups is 1. The lowest BCUT2D eigenvalue weighted by molar-refractivity contribution is 0.170. The Morgan fingerprint density at radius 1 is 1.00 bits per heavy atom. The number of rotatable bonds is 5. The number of benzene rings is 2. The van der Waals surface area contributed by atoms with Crippen LogP contribution in [0.5, 0.6) is 11.5 Å². The van der Waals surface area contributed by atoms with E-state index in [0.717, 1.165) is 28.3 Å². The average molecular weight is 285 g/mol. The van der Waals surface area contributed by atoms with Crippen molar-refractivity contribution in [2.45, 2.75) is 13.0 Å². The largest absolute Gasteiger partial charge is 0.486 e. The Bertz CT molecular complexity index is 595. The summed E-state index contributed by atoms with van der Waals surface area (Å²) in [6, 6.07) is 14.1. The molecule has 4 nitrogen and oxygen atoms in total. The normalized spacial score (nSPS) is 13.0. The first-order valence-corrected chi connectivity index (χ1v) is 7.18. The summed E-state index contributed by atoms with van der Waals surface area (Å²) >= 11 is 0. The van der Waals surface area contributed by atoms with Gasteiger partial charge in [-0.3, -0.25) is 0 Å². The monoisotopic (exact) mass is 285 g/mol. The van der Waals surface area contributed by atoms with Gasteiger partial charge in [0.2, 0.25) is 0 Å². The summed E-state index contributed by atoms with van der Waals surface area (Å²) in [7, 11) is 0. The van der Waals surface area contributed by atoms with Gasteiger partial charge in [0, 0.05) is 24.4 Å². The number of aliphatic hydroxyl groups excluding tert-OH is 1. The topological polar surface area (TPSA) is 50.7 Å². The second kappa shape index (κ2) is 6.50. The molecule has 0 bridgehead atoms. The lowest BCUT2D eigenvalue weighted by atomic mass is 10.1. The Balaban J connectivity index is 1.67. The molecule has 2 aromatic rings. The predicted molar refractivity (Wildman–Crippen MR) is 82.0 cm³/mol. The number of hydrogen-bond acceptors (Lipinski definition) is 4. The van der Waals surface area contributed by atoms with Crippen LogP contribution in [0.2, 0.25) is 0 Å². The summed E-state index contributed by atoms with van der Waals surface area (Å²) in [5, 5.41) is 12.3. The number of fused-ring (bicyclic) bond motifs is 1. The molecule has 0 saturated heterocycles. The van der Waals surface area contributed by atoms with Crippen LogP contribution >= 0.6 is 0 Å². The third kappa shape index (κ3) is 3.28. The zero-order chi connectivity index (χ0) is 14.5. The van der Waals surface area contributed by atoms with Crippen molar-refractivity contribution in [2.75, 3.05) is 25.1 Å². The Hall–Kier alpha value is -2.20. The zero-order valence-corrected chi connectivity index (χ0v) is 11.8. The number of nitrogens with one attached hydrogen (secondary N) is 1. The molecule has 110 valence electrons. The summed E-state index contributed by atoms with van der Waals surface area (Å²) in [6.07, 6.45) is 0.692.